The number of furan rings is 1. The molecule has 1 aromatic heterocycles. The third kappa shape index (κ3) is 7.87. The molecule has 0 radical (unpaired) electrons. The lowest BCUT2D eigenvalue weighted by Gasteiger charge is -2.19. The van der Waals surface area contributed by atoms with Gasteiger partial charge in [0.2, 0.25) is 5.91 Å². The highest BCUT2D eigenvalue weighted by atomic mass is 127. The van der Waals surface area contributed by atoms with E-state index in [0.29, 0.717) is 35.5 Å². The molecule has 0 aliphatic carbocycles. The van der Waals surface area contributed by atoms with Gasteiger partial charge in [-0.2, -0.15) is 0 Å². The fourth-order valence-corrected chi connectivity index (χ4v) is 2.66. The molecule has 9 heteroatoms. The fourth-order valence-electron chi connectivity index (χ4n) is 2.49. The minimum absolute atomic E-state index is 0. The summed E-state index contributed by atoms with van der Waals surface area (Å²) in [7, 11) is 0. The molecule has 2 aromatic rings. The average molecular weight is 535 g/mol. The first kappa shape index (κ1) is 25.3. The molecule has 0 spiro atoms. The van der Waals surface area contributed by atoms with Crippen molar-refractivity contribution in [3.05, 3.63) is 52.9 Å². The van der Waals surface area contributed by atoms with Crippen LogP contribution in [0.4, 0.5) is 5.69 Å². The number of rotatable bonds is 8. The van der Waals surface area contributed by atoms with Gasteiger partial charge in [-0.3, -0.25) is 4.79 Å². The molecule has 0 aliphatic heterocycles. The van der Waals surface area contributed by atoms with E-state index in [1.54, 1.807) is 31.2 Å². The molecule has 160 valence electrons. The van der Waals surface area contributed by atoms with E-state index in [9.17, 15) is 9.90 Å². The minimum atomic E-state index is -1.21. The Bertz CT molecular complexity index is 810. The number of aliphatic imine (C=N–C) groups is 1. The second-order valence-electron chi connectivity index (χ2n) is 6.58. The zero-order valence-electron chi connectivity index (χ0n) is 16.8. The first-order chi connectivity index (χ1) is 13.3. The quantitative estimate of drug-likeness (QED) is 0.235. The Labute approximate surface area is 193 Å². The number of amides is 1. The fraction of sp³-hybridized carbons (Fsp3) is 0.400. The van der Waals surface area contributed by atoms with Gasteiger partial charge in [-0.15, -0.1) is 24.0 Å². The molecule has 1 unspecified atom stereocenters. The van der Waals surface area contributed by atoms with Gasteiger partial charge in [0.15, 0.2) is 5.96 Å². The highest BCUT2D eigenvalue weighted by Crippen LogP contribution is 2.23. The van der Waals surface area contributed by atoms with Crippen molar-refractivity contribution in [1.82, 2.24) is 10.6 Å². The molecular weight excluding hydrogens is 507 g/mol. The van der Waals surface area contributed by atoms with Crippen LogP contribution in [0.2, 0.25) is 5.02 Å². The van der Waals surface area contributed by atoms with Crippen molar-refractivity contribution in [2.45, 2.75) is 32.8 Å². The van der Waals surface area contributed by atoms with Gasteiger partial charge in [-0.1, -0.05) is 17.7 Å². The van der Waals surface area contributed by atoms with Crippen molar-refractivity contribution < 1.29 is 14.3 Å². The predicted molar refractivity (Wildman–Crippen MR) is 127 cm³/mol. The summed E-state index contributed by atoms with van der Waals surface area (Å²) in [5, 5.41) is 20.1. The van der Waals surface area contributed by atoms with Crippen molar-refractivity contribution in [1.29, 1.82) is 0 Å². The summed E-state index contributed by atoms with van der Waals surface area (Å²) >= 11 is 6.07. The Hall–Kier alpha value is -1.78. The van der Waals surface area contributed by atoms with Crippen LogP contribution in [0.5, 0.6) is 0 Å². The van der Waals surface area contributed by atoms with Gasteiger partial charge in [0, 0.05) is 30.2 Å². The summed E-state index contributed by atoms with van der Waals surface area (Å²) in [6.07, 6.45) is 1.77. The number of carbonyl (C=O) groups excluding carboxylic acids is 1. The van der Waals surface area contributed by atoms with Crippen molar-refractivity contribution in [2.24, 2.45) is 4.99 Å². The topological polar surface area (TPSA) is 98.9 Å². The Morgan fingerprint density at radius 3 is 2.69 bits per heavy atom. The predicted octanol–water partition coefficient (Wildman–Crippen LogP) is 3.65. The molecule has 4 N–H and O–H groups in total. The molecular formula is C20H28ClIN4O3. The lowest BCUT2D eigenvalue weighted by molar-refractivity contribution is -0.116. The molecule has 1 amide bonds. The van der Waals surface area contributed by atoms with E-state index in [0.717, 1.165) is 5.56 Å². The average Bonchev–Trinajstić information content (AvgIpc) is 3.19. The largest absolute Gasteiger partial charge is 0.466 e. The van der Waals surface area contributed by atoms with Crippen molar-refractivity contribution >= 4 is 53.1 Å². The maximum Gasteiger partial charge on any atom is 0.226 e. The van der Waals surface area contributed by atoms with Crippen LogP contribution in [-0.4, -0.2) is 36.6 Å². The number of hydrogen-bond acceptors (Lipinski definition) is 4. The van der Waals surface area contributed by atoms with Crippen LogP contribution in [0.15, 0.2) is 46.0 Å². The monoisotopic (exact) mass is 534 g/mol. The zero-order valence-corrected chi connectivity index (χ0v) is 19.9. The Morgan fingerprint density at radius 2 is 2.03 bits per heavy atom. The smallest absolute Gasteiger partial charge is 0.226 e. The van der Waals surface area contributed by atoms with E-state index in [1.165, 1.54) is 6.26 Å². The summed E-state index contributed by atoms with van der Waals surface area (Å²) in [5.74, 6) is 0.834. The number of halogens is 2. The van der Waals surface area contributed by atoms with E-state index in [-0.39, 0.29) is 42.8 Å². The van der Waals surface area contributed by atoms with E-state index < -0.39 is 5.60 Å². The van der Waals surface area contributed by atoms with E-state index in [2.05, 4.69) is 20.9 Å². The number of aliphatic hydroxyl groups is 1. The lowest BCUT2D eigenvalue weighted by atomic mass is 10.0. The van der Waals surface area contributed by atoms with Crippen LogP contribution in [0.3, 0.4) is 0 Å². The summed E-state index contributed by atoms with van der Waals surface area (Å²) in [6, 6.07) is 8.82. The number of nitrogens with zero attached hydrogens (tertiary/aromatic N) is 1. The number of benzene rings is 1. The maximum atomic E-state index is 12.2. The van der Waals surface area contributed by atoms with Gasteiger partial charge in [0.05, 0.1) is 12.8 Å². The van der Waals surface area contributed by atoms with Gasteiger partial charge in [0.25, 0.3) is 0 Å². The highest BCUT2D eigenvalue weighted by Gasteiger charge is 2.26. The first-order valence-corrected chi connectivity index (χ1v) is 9.55. The van der Waals surface area contributed by atoms with Crippen LogP contribution in [0, 0.1) is 6.92 Å². The van der Waals surface area contributed by atoms with Gasteiger partial charge in [-0.05, 0) is 50.6 Å². The number of nitrogens with one attached hydrogen (secondary N) is 3. The van der Waals surface area contributed by atoms with Crippen molar-refractivity contribution in [2.75, 3.05) is 25.0 Å². The Morgan fingerprint density at radius 1 is 1.28 bits per heavy atom. The molecule has 0 aliphatic rings. The summed E-state index contributed by atoms with van der Waals surface area (Å²) in [5.41, 5.74) is 0.320. The normalized spacial score (nSPS) is 13.2. The van der Waals surface area contributed by atoms with Crippen LogP contribution in [0.25, 0.3) is 0 Å². The molecule has 0 fully saturated rings. The molecule has 7 nitrogen and oxygen atoms in total. The van der Waals surface area contributed by atoms with Crippen LogP contribution in [-0.2, 0) is 10.4 Å². The Balaban J connectivity index is 0.00000420. The maximum absolute atomic E-state index is 12.2. The second kappa shape index (κ2) is 12.0. The summed E-state index contributed by atoms with van der Waals surface area (Å²) in [6.45, 7) is 6.60. The van der Waals surface area contributed by atoms with Crippen LogP contribution < -0.4 is 16.0 Å². The molecule has 0 saturated heterocycles. The molecule has 1 aromatic carbocycles. The highest BCUT2D eigenvalue weighted by molar-refractivity contribution is 14.0. The SMILES string of the molecule is CCNC(=NCC(C)(O)c1ccco1)NCCC(=O)Nc1cccc(Cl)c1C.I. The van der Waals surface area contributed by atoms with E-state index in [1.807, 2.05) is 19.9 Å². The Kier molecular flexibility index (Phi) is 10.5. The van der Waals surface area contributed by atoms with Crippen molar-refractivity contribution in [3.63, 3.8) is 0 Å². The minimum Gasteiger partial charge on any atom is -0.466 e. The zero-order chi connectivity index (χ0) is 20.6. The molecule has 0 bridgehead atoms. The van der Waals surface area contributed by atoms with Gasteiger partial charge >= 0.3 is 0 Å². The van der Waals surface area contributed by atoms with E-state index in [4.69, 9.17) is 16.0 Å². The van der Waals surface area contributed by atoms with Crippen LogP contribution in [0.1, 0.15) is 31.6 Å². The molecule has 1 heterocycles. The van der Waals surface area contributed by atoms with Crippen LogP contribution >= 0.6 is 35.6 Å². The summed E-state index contributed by atoms with van der Waals surface area (Å²) in [4.78, 5) is 16.6. The van der Waals surface area contributed by atoms with Gasteiger partial charge < -0.3 is 25.5 Å². The van der Waals surface area contributed by atoms with Crippen molar-refractivity contribution in [3.8, 4) is 0 Å². The number of carbonyl (C=O) groups is 1. The first-order valence-electron chi connectivity index (χ1n) is 9.17. The standard InChI is InChI=1S/C20H27ClN4O3.HI/c1-4-22-19(24-13-20(3,27)17-9-6-12-28-17)23-11-10-18(26)25-16-8-5-7-15(21)14(16)2;/h5-9,12,27H,4,10-11,13H2,1-3H3,(H,25,26)(H2,22,23,24);1H. The molecule has 1 atom stereocenters. The second-order valence-corrected chi connectivity index (χ2v) is 6.99. The lowest BCUT2D eigenvalue weighted by Crippen LogP contribution is -2.40. The summed E-state index contributed by atoms with van der Waals surface area (Å²) < 4.78 is 5.26. The third-order valence-electron chi connectivity index (χ3n) is 4.13. The number of anilines is 1. The van der Waals surface area contributed by atoms with Gasteiger partial charge in [0.1, 0.15) is 11.4 Å². The molecule has 0 saturated carbocycles. The molecule has 29 heavy (non-hydrogen) atoms. The number of guanidine groups is 1. The molecule has 2 rings (SSSR count). The third-order valence-corrected chi connectivity index (χ3v) is 4.54. The van der Waals surface area contributed by atoms with Gasteiger partial charge in [-0.25, -0.2) is 4.99 Å². The van der Waals surface area contributed by atoms with E-state index >= 15 is 0 Å². The number of hydrogen-bond donors (Lipinski definition) is 4.